The number of benzene rings is 1. The van der Waals surface area contributed by atoms with Gasteiger partial charge in [0.05, 0.1) is 24.4 Å². The number of nitrogen functional groups attached to an aromatic ring is 1. The minimum absolute atomic E-state index is 0.121. The third-order valence-electron chi connectivity index (χ3n) is 3.52. The first kappa shape index (κ1) is 14.8. The van der Waals surface area contributed by atoms with Gasteiger partial charge in [-0.25, -0.2) is 14.1 Å². The standard InChI is InChI=1S/C16H11BrFN5O/c17-10-4-9(5-11(18)6-10)8-23-15-12(7-20-23)14(21-16(19)22-15)13-2-1-3-24-13/h1-7H,8H2,(H2,19,21,22). The number of anilines is 1. The smallest absolute Gasteiger partial charge is 0.222 e. The van der Waals surface area contributed by atoms with Crippen molar-refractivity contribution in [2.45, 2.75) is 6.54 Å². The van der Waals surface area contributed by atoms with Crippen LogP contribution in [0.15, 0.2) is 51.7 Å². The second kappa shape index (κ2) is 5.72. The molecule has 0 radical (unpaired) electrons. The van der Waals surface area contributed by atoms with Crippen LogP contribution in [0.25, 0.3) is 22.5 Å². The van der Waals surface area contributed by atoms with Crippen molar-refractivity contribution in [1.29, 1.82) is 0 Å². The lowest BCUT2D eigenvalue weighted by molar-refractivity contribution is 0.580. The highest BCUT2D eigenvalue weighted by Crippen LogP contribution is 2.27. The number of hydrogen-bond acceptors (Lipinski definition) is 5. The molecular weight excluding hydrogens is 377 g/mol. The van der Waals surface area contributed by atoms with E-state index in [-0.39, 0.29) is 11.8 Å². The molecule has 120 valence electrons. The normalized spacial score (nSPS) is 11.2. The van der Waals surface area contributed by atoms with E-state index in [1.54, 1.807) is 29.3 Å². The lowest BCUT2D eigenvalue weighted by Gasteiger charge is -2.06. The highest BCUT2D eigenvalue weighted by atomic mass is 79.9. The summed E-state index contributed by atoms with van der Waals surface area (Å²) < 4.78 is 21.3. The summed E-state index contributed by atoms with van der Waals surface area (Å²) in [5, 5.41) is 5.06. The predicted molar refractivity (Wildman–Crippen MR) is 90.6 cm³/mol. The van der Waals surface area contributed by atoms with Crippen molar-refractivity contribution in [3.8, 4) is 11.5 Å². The van der Waals surface area contributed by atoms with Gasteiger partial charge in [0.2, 0.25) is 5.95 Å². The Bertz CT molecular complexity index is 1010. The van der Waals surface area contributed by atoms with Crippen LogP contribution in [0.1, 0.15) is 5.56 Å². The molecule has 1 aromatic carbocycles. The summed E-state index contributed by atoms with van der Waals surface area (Å²) in [6.07, 6.45) is 3.22. The molecule has 0 unspecified atom stereocenters. The molecule has 0 fully saturated rings. The number of aromatic nitrogens is 4. The SMILES string of the molecule is Nc1nc(-c2ccco2)c2cnn(Cc3cc(F)cc(Br)c3)c2n1. The van der Waals surface area contributed by atoms with Gasteiger partial charge in [-0.3, -0.25) is 0 Å². The Labute approximate surface area is 144 Å². The molecule has 0 aliphatic carbocycles. The molecule has 0 saturated carbocycles. The van der Waals surface area contributed by atoms with Gasteiger partial charge in [-0.15, -0.1) is 0 Å². The summed E-state index contributed by atoms with van der Waals surface area (Å²) in [4.78, 5) is 8.51. The van der Waals surface area contributed by atoms with E-state index in [1.807, 2.05) is 6.07 Å². The number of halogens is 2. The van der Waals surface area contributed by atoms with Crippen molar-refractivity contribution in [2.24, 2.45) is 0 Å². The molecule has 0 aliphatic rings. The fourth-order valence-electron chi connectivity index (χ4n) is 2.56. The van der Waals surface area contributed by atoms with Crippen LogP contribution in [0.5, 0.6) is 0 Å². The van der Waals surface area contributed by atoms with Crippen LogP contribution < -0.4 is 5.73 Å². The number of fused-ring (bicyclic) bond motifs is 1. The van der Waals surface area contributed by atoms with Gasteiger partial charge >= 0.3 is 0 Å². The van der Waals surface area contributed by atoms with Crippen LogP contribution >= 0.6 is 15.9 Å². The number of hydrogen-bond donors (Lipinski definition) is 1. The fraction of sp³-hybridized carbons (Fsp3) is 0.0625. The maximum absolute atomic E-state index is 13.6. The summed E-state index contributed by atoms with van der Waals surface area (Å²) >= 11 is 3.29. The predicted octanol–water partition coefficient (Wildman–Crippen LogP) is 3.62. The zero-order chi connectivity index (χ0) is 16.7. The first-order chi connectivity index (χ1) is 11.6. The average Bonchev–Trinajstić information content (AvgIpc) is 3.16. The lowest BCUT2D eigenvalue weighted by Crippen LogP contribution is -2.05. The first-order valence-corrected chi connectivity index (χ1v) is 7.87. The first-order valence-electron chi connectivity index (χ1n) is 7.08. The molecule has 0 saturated heterocycles. The Kier molecular flexibility index (Phi) is 3.53. The molecule has 0 spiro atoms. The van der Waals surface area contributed by atoms with Crippen LogP contribution in [-0.4, -0.2) is 19.7 Å². The van der Waals surface area contributed by atoms with Crippen LogP contribution in [0.2, 0.25) is 0 Å². The zero-order valence-corrected chi connectivity index (χ0v) is 13.9. The third kappa shape index (κ3) is 2.65. The second-order valence-corrected chi connectivity index (χ2v) is 6.14. The fourth-order valence-corrected chi connectivity index (χ4v) is 3.08. The molecule has 6 nitrogen and oxygen atoms in total. The van der Waals surface area contributed by atoms with Gasteiger partial charge in [0.1, 0.15) is 11.5 Å². The van der Waals surface area contributed by atoms with E-state index in [1.165, 1.54) is 12.1 Å². The molecule has 8 heteroatoms. The van der Waals surface area contributed by atoms with Gasteiger partial charge in [0.15, 0.2) is 11.4 Å². The zero-order valence-electron chi connectivity index (χ0n) is 12.3. The Hall–Kier alpha value is -2.74. The van der Waals surface area contributed by atoms with Crippen molar-refractivity contribution in [3.63, 3.8) is 0 Å². The van der Waals surface area contributed by atoms with E-state index in [9.17, 15) is 4.39 Å². The van der Waals surface area contributed by atoms with Crippen molar-refractivity contribution >= 4 is 32.9 Å². The topological polar surface area (TPSA) is 82.8 Å². The molecule has 0 bridgehead atoms. The van der Waals surface area contributed by atoms with Gasteiger partial charge in [-0.2, -0.15) is 10.1 Å². The average molecular weight is 388 g/mol. The monoisotopic (exact) mass is 387 g/mol. The minimum atomic E-state index is -0.318. The van der Waals surface area contributed by atoms with Crippen molar-refractivity contribution < 1.29 is 8.81 Å². The molecule has 2 N–H and O–H groups in total. The summed E-state index contributed by atoms with van der Waals surface area (Å²) in [6.45, 7) is 0.355. The van der Waals surface area contributed by atoms with E-state index < -0.39 is 0 Å². The third-order valence-corrected chi connectivity index (χ3v) is 3.98. The van der Waals surface area contributed by atoms with Crippen LogP contribution in [0, 0.1) is 5.82 Å². The largest absolute Gasteiger partial charge is 0.463 e. The Morgan fingerprint density at radius 3 is 2.88 bits per heavy atom. The van der Waals surface area contributed by atoms with Gasteiger partial charge in [-0.1, -0.05) is 15.9 Å². The highest BCUT2D eigenvalue weighted by molar-refractivity contribution is 9.10. The van der Waals surface area contributed by atoms with Gasteiger partial charge in [0, 0.05) is 4.47 Å². The molecule has 3 heterocycles. The van der Waals surface area contributed by atoms with Crippen molar-refractivity contribution in [2.75, 3.05) is 5.73 Å². The maximum Gasteiger partial charge on any atom is 0.222 e. The molecule has 24 heavy (non-hydrogen) atoms. The number of nitrogens with zero attached hydrogens (tertiary/aromatic N) is 4. The molecule has 0 atom stereocenters. The molecule has 3 aromatic heterocycles. The summed E-state index contributed by atoms with van der Waals surface area (Å²) in [5.74, 6) is 0.388. The van der Waals surface area contributed by atoms with Crippen LogP contribution in [0.4, 0.5) is 10.3 Å². The summed E-state index contributed by atoms with van der Waals surface area (Å²) in [6, 6.07) is 8.25. The molecule has 0 aliphatic heterocycles. The van der Waals surface area contributed by atoms with Gasteiger partial charge < -0.3 is 10.2 Å². The van der Waals surface area contributed by atoms with Gasteiger partial charge in [0.25, 0.3) is 0 Å². The lowest BCUT2D eigenvalue weighted by atomic mass is 10.2. The molecule has 0 amide bonds. The molecular formula is C16H11BrFN5O. The highest BCUT2D eigenvalue weighted by Gasteiger charge is 2.15. The quantitative estimate of drug-likeness (QED) is 0.580. The van der Waals surface area contributed by atoms with Gasteiger partial charge in [-0.05, 0) is 35.9 Å². The van der Waals surface area contributed by atoms with E-state index in [0.29, 0.717) is 28.1 Å². The summed E-state index contributed by atoms with van der Waals surface area (Å²) in [7, 11) is 0. The molecule has 4 aromatic rings. The minimum Gasteiger partial charge on any atom is -0.463 e. The number of rotatable bonds is 3. The molecule has 4 rings (SSSR count). The number of furan rings is 1. The van der Waals surface area contributed by atoms with Crippen LogP contribution in [0.3, 0.4) is 0 Å². The second-order valence-electron chi connectivity index (χ2n) is 5.22. The number of nitrogens with two attached hydrogens (primary N) is 1. The van der Waals surface area contributed by atoms with Crippen LogP contribution in [-0.2, 0) is 6.54 Å². The Balaban J connectivity index is 1.83. The summed E-state index contributed by atoms with van der Waals surface area (Å²) in [5.41, 5.74) is 7.72. The van der Waals surface area contributed by atoms with Crippen molar-refractivity contribution in [1.82, 2.24) is 19.7 Å². The van der Waals surface area contributed by atoms with Crippen molar-refractivity contribution in [3.05, 3.63) is 58.6 Å². The van der Waals surface area contributed by atoms with E-state index in [2.05, 4.69) is 31.0 Å². The van der Waals surface area contributed by atoms with E-state index >= 15 is 0 Å². The Morgan fingerprint density at radius 1 is 1.25 bits per heavy atom. The van der Waals surface area contributed by atoms with E-state index in [4.69, 9.17) is 10.2 Å². The maximum atomic E-state index is 13.6. The Morgan fingerprint density at radius 2 is 2.12 bits per heavy atom. The van der Waals surface area contributed by atoms with E-state index in [0.717, 1.165) is 10.9 Å².